The minimum atomic E-state index is 0.647. The summed E-state index contributed by atoms with van der Waals surface area (Å²) in [7, 11) is 1.71. The molecule has 4 fully saturated rings. The molecular weight excluding hydrogens is 366 g/mol. The Bertz CT molecular complexity index is 576. The lowest BCUT2D eigenvalue weighted by molar-refractivity contribution is -0.0142. The second-order valence-corrected chi connectivity index (χ2v) is 8.72. The van der Waals surface area contributed by atoms with Gasteiger partial charge in [0.25, 0.3) is 0 Å². The van der Waals surface area contributed by atoms with Crippen LogP contribution in [0.3, 0.4) is 0 Å². The van der Waals surface area contributed by atoms with E-state index in [1.165, 1.54) is 37.7 Å². The number of rotatable bonds is 6. The van der Waals surface area contributed by atoms with Gasteiger partial charge in [-0.1, -0.05) is 15.9 Å². The SMILES string of the molecule is CCOc1cc(Br)c(CNC2C3CC4CC(C3)CC2C4)cc1OC. The number of halogens is 1. The van der Waals surface area contributed by atoms with Gasteiger partial charge in [0, 0.05) is 17.1 Å². The molecule has 1 aromatic rings. The van der Waals surface area contributed by atoms with Crippen LogP contribution in [0.15, 0.2) is 16.6 Å². The van der Waals surface area contributed by atoms with Crippen LogP contribution in [0.2, 0.25) is 0 Å². The van der Waals surface area contributed by atoms with Crippen molar-refractivity contribution in [2.24, 2.45) is 23.7 Å². The number of methoxy groups -OCH3 is 1. The molecule has 4 saturated carbocycles. The molecule has 4 heteroatoms. The van der Waals surface area contributed by atoms with Crippen LogP contribution in [-0.2, 0) is 6.54 Å². The first-order chi connectivity index (χ1) is 11.7. The third kappa shape index (κ3) is 3.08. The smallest absolute Gasteiger partial charge is 0.162 e. The Labute approximate surface area is 153 Å². The Balaban J connectivity index is 1.46. The van der Waals surface area contributed by atoms with E-state index in [2.05, 4.69) is 27.3 Å². The van der Waals surface area contributed by atoms with Gasteiger partial charge in [0.15, 0.2) is 11.5 Å². The lowest BCUT2D eigenvalue weighted by atomic mass is 9.54. The predicted octanol–water partition coefficient (Wildman–Crippen LogP) is 4.77. The summed E-state index contributed by atoms with van der Waals surface area (Å²) in [6.45, 7) is 3.54. The van der Waals surface area contributed by atoms with Crippen LogP contribution < -0.4 is 14.8 Å². The average Bonchev–Trinajstić information content (AvgIpc) is 2.55. The Hall–Kier alpha value is -0.740. The van der Waals surface area contributed by atoms with E-state index < -0.39 is 0 Å². The molecule has 4 aliphatic rings. The number of hydrogen-bond acceptors (Lipinski definition) is 3. The highest BCUT2D eigenvalue weighted by atomic mass is 79.9. The lowest BCUT2D eigenvalue weighted by Gasteiger charge is -2.54. The van der Waals surface area contributed by atoms with Gasteiger partial charge in [-0.05, 0) is 80.4 Å². The average molecular weight is 394 g/mol. The van der Waals surface area contributed by atoms with Gasteiger partial charge in [0.1, 0.15) is 0 Å². The van der Waals surface area contributed by atoms with E-state index in [1.807, 2.05) is 13.0 Å². The molecule has 0 aromatic heterocycles. The van der Waals surface area contributed by atoms with Crippen LogP contribution >= 0.6 is 15.9 Å². The first kappa shape index (κ1) is 16.7. The highest BCUT2D eigenvalue weighted by Gasteiger charge is 2.47. The fraction of sp³-hybridized carbons (Fsp3) is 0.700. The number of nitrogens with one attached hydrogen (secondary N) is 1. The Morgan fingerprint density at radius 3 is 2.29 bits per heavy atom. The van der Waals surface area contributed by atoms with Crippen molar-refractivity contribution in [1.29, 1.82) is 0 Å². The molecule has 1 aromatic carbocycles. The summed E-state index contributed by atoms with van der Waals surface area (Å²) in [5.41, 5.74) is 1.25. The third-order valence-electron chi connectivity index (χ3n) is 6.39. The van der Waals surface area contributed by atoms with Crippen LogP contribution in [0.4, 0.5) is 0 Å². The molecule has 4 aliphatic carbocycles. The maximum Gasteiger partial charge on any atom is 0.162 e. The Morgan fingerprint density at radius 2 is 1.71 bits per heavy atom. The second kappa shape index (κ2) is 6.87. The van der Waals surface area contributed by atoms with E-state index in [1.54, 1.807) is 7.11 Å². The fourth-order valence-corrected chi connectivity index (χ4v) is 6.09. The van der Waals surface area contributed by atoms with Crippen molar-refractivity contribution in [3.05, 3.63) is 22.2 Å². The Morgan fingerprint density at radius 1 is 1.04 bits per heavy atom. The van der Waals surface area contributed by atoms with Crippen LogP contribution in [0, 0.1) is 23.7 Å². The van der Waals surface area contributed by atoms with E-state index in [9.17, 15) is 0 Å². The summed E-state index contributed by atoms with van der Waals surface area (Å²) < 4.78 is 12.3. The molecule has 0 atom stereocenters. The molecule has 5 rings (SSSR count). The highest BCUT2D eigenvalue weighted by Crippen LogP contribution is 2.53. The summed E-state index contributed by atoms with van der Waals surface area (Å²) in [6.07, 6.45) is 7.34. The third-order valence-corrected chi connectivity index (χ3v) is 7.13. The normalized spacial score (nSPS) is 33.7. The van der Waals surface area contributed by atoms with Crippen molar-refractivity contribution in [3.63, 3.8) is 0 Å². The molecule has 1 N–H and O–H groups in total. The van der Waals surface area contributed by atoms with Gasteiger partial charge < -0.3 is 14.8 Å². The zero-order chi connectivity index (χ0) is 16.7. The summed E-state index contributed by atoms with van der Waals surface area (Å²) in [5, 5.41) is 3.90. The van der Waals surface area contributed by atoms with Crippen molar-refractivity contribution in [2.75, 3.05) is 13.7 Å². The van der Waals surface area contributed by atoms with E-state index in [-0.39, 0.29) is 0 Å². The molecule has 0 amide bonds. The van der Waals surface area contributed by atoms with Gasteiger partial charge in [-0.2, -0.15) is 0 Å². The van der Waals surface area contributed by atoms with E-state index in [4.69, 9.17) is 9.47 Å². The van der Waals surface area contributed by atoms with Crippen LogP contribution in [0.25, 0.3) is 0 Å². The molecule has 24 heavy (non-hydrogen) atoms. The molecule has 0 unspecified atom stereocenters. The van der Waals surface area contributed by atoms with E-state index in [0.717, 1.165) is 46.2 Å². The molecule has 3 nitrogen and oxygen atoms in total. The summed E-state index contributed by atoms with van der Waals surface area (Å²) in [6, 6.07) is 4.86. The fourth-order valence-electron chi connectivity index (χ4n) is 5.63. The molecule has 0 heterocycles. The van der Waals surface area contributed by atoms with Crippen LogP contribution in [0.5, 0.6) is 11.5 Å². The van der Waals surface area contributed by atoms with Gasteiger partial charge >= 0.3 is 0 Å². The quantitative estimate of drug-likeness (QED) is 0.754. The van der Waals surface area contributed by atoms with Crippen LogP contribution in [0.1, 0.15) is 44.6 Å². The van der Waals surface area contributed by atoms with Gasteiger partial charge in [-0.3, -0.25) is 0 Å². The van der Waals surface area contributed by atoms with E-state index in [0.29, 0.717) is 12.6 Å². The lowest BCUT2D eigenvalue weighted by Crippen LogP contribution is -2.54. The van der Waals surface area contributed by atoms with Gasteiger partial charge in [0.2, 0.25) is 0 Å². The molecule has 0 aliphatic heterocycles. The summed E-state index contributed by atoms with van der Waals surface area (Å²) in [5.74, 6) is 5.51. The predicted molar refractivity (Wildman–Crippen MR) is 99.5 cm³/mol. The first-order valence-electron chi connectivity index (χ1n) is 9.40. The van der Waals surface area contributed by atoms with Crippen molar-refractivity contribution in [3.8, 4) is 11.5 Å². The van der Waals surface area contributed by atoms with Gasteiger partial charge in [-0.15, -0.1) is 0 Å². The van der Waals surface area contributed by atoms with Gasteiger partial charge in [-0.25, -0.2) is 0 Å². The van der Waals surface area contributed by atoms with Crippen molar-refractivity contribution in [1.82, 2.24) is 5.32 Å². The molecular formula is C20H28BrNO2. The van der Waals surface area contributed by atoms with Gasteiger partial charge in [0.05, 0.1) is 13.7 Å². The highest BCUT2D eigenvalue weighted by molar-refractivity contribution is 9.10. The maximum absolute atomic E-state index is 5.66. The summed E-state index contributed by atoms with van der Waals surface area (Å²) in [4.78, 5) is 0. The van der Waals surface area contributed by atoms with E-state index >= 15 is 0 Å². The number of ether oxygens (including phenoxy) is 2. The first-order valence-corrected chi connectivity index (χ1v) is 10.2. The molecule has 4 bridgehead atoms. The largest absolute Gasteiger partial charge is 0.493 e. The minimum absolute atomic E-state index is 0.647. The molecule has 0 saturated heterocycles. The monoisotopic (exact) mass is 393 g/mol. The number of hydrogen-bond donors (Lipinski definition) is 1. The molecule has 0 radical (unpaired) electrons. The zero-order valence-electron chi connectivity index (χ0n) is 14.7. The second-order valence-electron chi connectivity index (χ2n) is 7.86. The standard InChI is InChI=1S/C20H28BrNO2/c1-3-24-19-10-17(21)16(9-18(19)23-2)11-22-20-14-5-12-4-13(7-14)8-15(20)6-12/h9-10,12-15,20,22H,3-8,11H2,1-2H3. The molecule has 0 spiro atoms. The summed E-state index contributed by atoms with van der Waals surface area (Å²) >= 11 is 3.71. The maximum atomic E-state index is 5.66. The topological polar surface area (TPSA) is 30.5 Å². The minimum Gasteiger partial charge on any atom is -0.493 e. The zero-order valence-corrected chi connectivity index (χ0v) is 16.3. The van der Waals surface area contributed by atoms with Crippen molar-refractivity contribution < 1.29 is 9.47 Å². The Kier molecular flexibility index (Phi) is 4.79. The van der Waals surface area contributed by atoms with Crippen molar-refractivity contribution >= 4 is 15.9 Å². The van der Waals surface area contributed by atoms with Crippen molar-refractivity contribution in [2.45, 2.75) is 51.6 Å². The number of benzene rings is 1. The van der Waals surface area contributed by atoms with Crippen LogP contribution in [-0.4, -0.2) is 19.8 Å². The molecule has 132 valence electrons.